The number of fused-ring (bicyclic) bond motifs is 1. The van der Waals surface area contributed by atoms with Crippen LogP contribution < -0.4 is 11.1 Å². The number of rotatable bonds is 4. The van der Waals surface area contributed by atoms with Crippen molar-refractivity contribution in [2.24, 2.45) is 5.73 Å². The van der Waals surface area contributed by atoms with Crippen molar-refractivity contribution >= 4 is 17.7 Å². The van der Waals surface area contributed by atoms with E-state index >= 15 is 0 Å². The maximum atomic E-state index is 13.3. The van der Waals surface area contributed by atoms with Gasteiger partial charge >= 0.3 is 0 Å². The number of hydrogen-bond donors (Lipinski definition) is 2. The van der Waals surface area contributed by atoms with Crippen LogP contribution in [0, 0.1) is 5.82 Å². The van der Waals surface area contributed by atoms with Gasteiger partial charge in [-0.15, -0.1) is 18.3 Å². The van der Waals surface area contributed by atoms with Crippen LogP contribution in [0.15, 0.2) is 35.7 Å². The van der Waals surface area contributed by atoms with Crippen molar-refractivity contribution in [3.05, 3.63) is 42.2 Å². The smallest absolute Gasteiger partial charge is 0.237 e. The van der Waals surface area contributed by atoms with Crippen molar-refractivity contribution in [3.63, 3.8) is 0 Å². The van der Waals surface area contributed by atoms with Gasteiger partial charge in [0.2, 0.25) is 5.91 Å². The quantitative estimate of drug-likeness (QED) is 0.833. The lowest BCUT2D eigenvalue weighted by molar-refractivity contribution is -0.123. The number of nitrogens with two attached hydrogens (primary N) is 1. The summed E-state index contributed by atoms with van der Waals surface area (Å²) in [6.07, 6.45) is 2.84. The van der Waals surface area contributed by atoms with Crippen LogP contribution in [0.5, 0.6) is 0 Å². The van der Waals surface area contributed by atoms with E-state index in [-0.39, 0.29) is 17.8 Å². The minimum Gasteiger partial charge on any atom is -0.348 e. The molecule has 0 saturated carbocycles. The van der Waals surface area contributed by atoms with E-state index in [1.807, 2.05) is 0 Å². The summed E-state index contributed by atoms with van der Waals surface area (Å²) in [5.41, 5.74) is 6.58. The van der Waals surface area contributed by atoms with Crippen LogP contribution >= 0.6 is 11.8 Å². The number of halogens is 1. The molecule has 1 aliphatic heterocycles. The van der Waals surface area contributed by atoms with E-state index in [1.54, 1.807) is 23.9 Å². The summed E-state index contributed by atoms with van der Waals surface area (Å²) in [7, 11) is 0. The van der Waals surface area contributed by atoms with E-state index in [0.717, 1.165) is 22.6 Å². The highest BCUT2D eigenvalue weighted by Gasteiger charge is 2.24. The third-order valence-corrected chi connectivity index (χ3v) is 4.21. The number of carbonyl (C=O) groups is 1. The Morgan fingerprint density at radius 1 is 1.68 bits per heavy atom. The Morgan fingerprint density at radius 2 is 2.47 bits per heavy atom. The third-order valence-electron chi connectivity index (χ3n) is 3.09. The summed E-state index contributed by atoms with van der Waals surface area (Å²) >= 11 is 1.68. The molecule has 0 radical (unpaired) electrons. The molecule has 0 aliphatic carbocycles. The highest BCUT2D eigenvalue weighted by atomic mass is 32.2. The molecule has 5 heteroatoms. The van der Waals surface area contributed by atoms with E-state index in [0.29, 0.717) is 6.42 Å². The first-order chi connectivity index (χ1) is 9.11. The van der Waals surface area contributed by atoms with Crippen molar-refractivity contribution in [1.29, 1.82) is 0 Å². The lowest BCUT2D eigenvalue weighted by atomic mass is 10.0. The number of hydrogen-bond acceptors (Lipinski definition) is 3. The van der Waals surface area contributed by atoms with Crippen LogP contribution in [-0.4, -0.2) is 17.7 Å². The lowest BCUT2D eigenvalue weighted by Crippen LogP contribution is -2.42. The number of carbonyl (C=O) groups excluding carboxylic acids is 1. The Morgan fingerprint density at radius 3 is 3.21 bits per heavy atom. The first-order valence-electron chi connectivity index (χ1n) is 6.21. The normalized spacial score (nSPS) is 19.4. The minimum atomic E-state index is -0.593. The fourth-order valence-corrected chi connectivity index (χ4v) is 3.19. The Balaban J connectivity index is 2.13. The fourth-order valence-electron chi connectivity index (χ4n) is 2.08. The average molecular weight is 280 g/mol. The van der Waals surface area contributed by atoms with Crippen LogP contribution in [0.1, 0.15) is 24.4 Å². The second-order valence-corrected chi connectivity index (χ2v) is 5.65. The molecular weight excluding hydrogens is 263 g/mol. The Bertz CT molecular complexity index is 492. The van der Waals surface area contributed by atoms with Gasteiger partial charge in [0.1, 0.15) is 5.82 Å². The highest BCUT2D eigenvalue weighted by molar-refractivity contribution is 7.99. The molecule has 0 aromatic heterocycles. The zero-order valence-electron chi connectivity index (χ0n) is 10.6. The third kappa shape index (κ3) is 3.36. The number of benzene rings is 1. The predicted molar refractivity (Wildman–Crippen MR) is 75.4 cm³/mol. The Labute approximate surface area is 116 Å². The molecule has 1 aromatic rings. The van der Waals surface area contributed by atoms with Gasteiger partial charge in [-0.25, -0.2) is 4.39 Å². The zero-order chi connectivity index (χ0) is 13.8. The van der Waals surface area contributed by atoms with Gasteiger partial charge in [0.25, 0.3) is 0 Å². The first-order valence-corrected chi connectivity index (χ1v) is 7.19. The Hall–Kier alpha value is -1.33. The van der Waals surface area contributed by atoms with Gasteiger partial charge in [-0.3, -0.25) is 4.79 Å². The van der Waals surface area contributed by atoms with Crippen LogP contribution in [0.4, 0.5) is 4.39 Å². The molecule has 19 heavy (non-hydrogen) atoms. The van der Waals surface area contributed by atoms with Gasteiger partial charge in [0, 0.05) is 10.6 Å². The van der Waals surface area contributed by atoms with Crippen LogP contribution in [0.3, 0.4) is 0 Å². The van der Waals surface area contributed by atoms with Crippen LogP contribution in [0.2, 0.25) is 0 Å². The molecule has 3 N–H and O–H groups in total. The average Bonchev–Trinajstić information content (AvgIpc) is 2.39. The molecule has 2 rings (SSSR count). The van der Waals surface area contributed by atoms with Gasteiger partial charge in [0.15, 0.2) is 0 Å². The number of thioether (sulfide) groups is 1. The number of nitrogens with one attached hydrogen (secondary N) is 1. The molecule has 1 aliphatic rings. The number of amides is 1. The zero-order valence-corrected chi connectivity index (χ0v) is 11.4. The fraction of sp³-hybridized carbons (Fsp3) is 0.357. The topological polar surface area (TPSA) is 55.1 Å². The molecule has 0 fully saturated rings. The molecule has 1 aromatic carbocycles. The second kappa shape index (κ2) is 6.21. The van der Waals surface area contributed by atoms with E-state index in [4.69, 9.17) is 5.73 Å². The maximum Gasteiger partial charge on any atom is 0.237 e. The SMILES string of the molecule is C=CCC(N)C(=O)NC1CCSc2ccc(F)cc21. The minimum absolute atomic E-state index is 0.157. The summed E-state index contributed by atoms with van der Waals surface area (Å²) in [6.45, 7) is 3.56. The molecule has 3 nitrogen and oxygen atoms in total. The molecule has 0 bridgehead atoms. The maximum absolute atomic E-state index is 13.3. The van der Waals surface area contributed by atoms with Crippen molar-refractivity contribution in [2.75, 3.05) is 5.75 Å². The lowest BCUT2D eigenvalue weighted by Gasteiger charge is -2.27. The van der Waals surface area contributed by atoms with E-state index in [2.05, 4.69) is 11.9 Å². The van der Waals surface area contributed by atoms with Gasteiger partial charge in [0.05, 0.1) is 12.1 Å². The largest absolute Gasteiger partial charge is 0.348 e. The standard InChI is InChI=1S/C14H17FN2OS/c1-2-3-11(16)14(18)17-12-6-7-19-13-5-4-9(15)8-10(12)13/h2,4-5,8,11-12H,1,3,6-7,16H2,(H,17,18). The van der Waals surface area contributed by atoms with Crippen LogP contribution in [0.25, 0.3) is 0 Å². The molecule has 2 unspecified atom stereocenters. The van der Waals surface area contributed by atoms with Gasteiger partial charge in [-0.05, 0) is 36.6 Å². The van der Waals surface area contributed by atoms with Gasteiger partial charge < -0.3 is 11.1 Å². The molecular formula is C14H17FN2OS. The summed E-state index contributed by atoms with van der Waals surface area (Å²) in [4.78, 5) is 12.9. The van der Waals surface area contributed by atoms with Gasteiger partial charge in [-0.1, -0.05) is 6.08 Å². The summed E-state index contributed by atoms with van der Waals surface area (Å²) in [5.74, 6) is 0.406. The van der Waals surface area contributed by atoms with E-state index in [9.17, 15) is 9.18 Å². The van der Waals surface area contributed by atoms with E-state index < -0.39 is 6.04 Å². The second-order valence-electron chi connectivity index (χ2n) is 4.51. The molecule has 102 valence electrons. The molecule has 0 saturated heterocycles. The van der Waals surface area contributed by atoms with Crippen molar-refractivity contribution < 1.29 is 9.18 Å². The molecule has 2 atom stereocenters. The Kier molecular flexibility index (Phi) is 4.61. The van der Waals surface area contributed by atoms with E-state index in [1.165, 1.54) is 12.1 Å². The highest BCUT2D eigenvalue weighted by Crippen LogP contribution is 2.36. The molecule has 0 spiro atoms. The van der Waals surface area contributed by atoms with Crippen molar-refractivity contribution in [2.45, 2.75) is 29.8 Å². The summed E-state index contributed by atoms with van der Waals surface area (Å²) in [6, 6.07) is 3.95. The molecule has 1 heterocycles. The predicted octanol–water partition coefficient (Wildman–Crippen LogP) is 2.38. The van der Waals surface area contributed by atoms with Crippen molar-refractivity contribution in [3.8, 4) is 0 Å². The monoisotopic (exact) mass is 280 g/mol. The van der Waals surface area contributed by atoms with Crippen molar-refractivity contribution in [1.82, 2.24) is 5.32 Å². The first kappa shape index (κ1) is 14.1. The summed E-state index contributed by atoms with van der Waals surface area (Å²) < 4.78 is 13.3. The van der Waals surface area contributed by atoms with Crippen LogP contribution in [-0.2, 0) is 4.79 Å². The summed E-state index contributed by atoms with van der Waals surface area (Å²) in [5, 5.41) is 2.90. The molecule has 1 amide bonds. The van der Waals surface area contributed by atoms with Gasteiger partial charge in [-0.2, -0.15) is 0 Å².